The molecule has 0 aliphatic heterocycles. The summed E-state index contributed by atoms with van der Waals surface area (Å²) in [4.78, 5) is 17.0. The minimum Gasteiger partial charge on any atom is -0.496 e. The van der Waals surface area contributed by atoms with E-state index in [0.717, 1.165) is 37.4 Å². The normalized spacial score (nSPS) is 24.5. The molecule has 2 aromatic rings. The second-order valence-electron chi connectivity index (χ2n) is 9.70. The van der Waals surface area contributed by atoms with Crippen molar-refractivity contribution in [1.82, 2.24) is 0 Å². The summed E-state index contributed by atoms with van der Waals surface area (Å²) in [6.45, 7) is 2.02. The Balaban J connectivity index is 0.000000205. The number of phosphoric acid groups is 1. The van der Waals surface area contributed by atoms with Crippen LogP contribution >= 0.6 is 7.82 Å². The van der Waals surface area contributed by atoms with Gasteiger partial charge in [-0.1, -0.05) is 49.4 Å². The Morgan fingerprint density at radius 2 is 1.79 bits per heavy atom. The molecule has 4 N–H and O–H groups in total. The first-order valence-electron chi connectivity index (χ1n) is 11.8. The number of fused-ring (bicyclic) bond motifs is 1. The van der Waals surface area contributed by atoms with Gasteiger partial charge in [-0.15, -0.1) is 0 Å². The van der Waals surface area contributed by atoms with Crippen molar-refractivity contribution in [1.29, 1.82) is 0 Å². The number of hydrogen-bond donors (Lipinski definition) is 3. The highest BCUT2D eigenvalue weighted by Crippen LogP contribution is 2.40. The molecule has 2 aliphatic carbocycles. The smallest absolute Gasteiger partial charge is 0.469 e. The van der Waals surface area contributed by atoms with E-state index < -0.39 is 13.4 Å². The van der Waals surface area contributed by atoms with Gasteiger partial charge < -0.3 is 20.3 Å². The van der Waals surface area contributed by atoms with Crippen LogP contribution in [0.15, 0.2) is 48.5 Å². The Kier molecular flexibility index (Phi) is 9.14. The number of phosphoric ester groups is 1. The predicted molar refractivity (Wildman–Crippen MR) is 131 cm³/mol. The highest BCUT2D eigenvalue weighted by atomic mass is 31.2. The second kappa shape index (κ2) is 11.6. The lowest BCUT2D eigenvalue weighted by Crippen LogP contribution is -2.41. The fraction of sp³-hybridized carbons (Fsp3) is 0.538. The van der Waals surface area contributed by atoms with Crippen LogP contribution in [0.4, 0.5) is 0 Å². The molecule has 2 aromatic carbocycles. The van der Waals surface area contributed by atoms with E-state index in [2.05, 4.69) is 53.9 Å². The zero-order valence-corrected chi connectivity index (χ0v) is 20.7. The summed E-state index contributed by atoms with van der Waals surface area (Å²) in [6.07, 6.45) is 8.73. The standard InChI is InChI=1S/C19H22O.C7H16NO4P/c1-20-19-9-5-4-7-17(19)13-11-15-10-12-16-6-2-3-8-18(16)14-15;1-6-2-3-7(8,4-6)5-12-13(9,10)11/h2-9,15H,10-14H2,1H3;6H,2-5,8H2,1H3,(H2,9,10,11)/t15-;6-,7-/m01/s1. The molecule has 4 rings (SSSR count). The van der Waals surface area contributed by atoms with Crippen LogP contribution < -0.4 is 10.5 Å². The second-order valence-corrected chi connectivity index (χ2v) is 10.9. The van der Waals surface area contributed by atoms with Crippen LogP contribution in [0.25, 0.3) is 0 Å². The largest absolute Gasteiger partial charge is 0.496 e. The van der Waals surface area contributed by atoms with Gasteiger partial charge in [-0.3, -0.25) is 4.52 Å². The molecule has 0 saturated heterocycles. The molecule has 0 radical (unpaired) electrons. The van der Waals surface area contributed by atoms with Crippen LogP contribution in [0.1, 0.15) is 55.7 Å². The van der Waals surface area contributed by atoms with E-state index in [9.17, 15) is 4.57 Å². The molecule has 0 bridgehead atoms. The van der Waals surface area contributed by atoms with Crippen LogP contribution in [0, 0.1) is 11.8 Å². The fourth-order valence-corrected chi connectivity index (χ4v) is 5.49. The van der Waals surface area contributed by atoms with E-state index in [1.807, 2.05) is 6.07 Å². The third-order valence-corrected chi connectivity index (χ3v) is 7.34. The topological polar surface area (TPSA) is 102 Å². The summed E-state index contributed by atoms with van der Waals surface area (Å²) < 4.78 is 20.3. The van der Waals surface area contributed by atoms with Crippen LogP contribution in [0.2, 0.25) is 0 Å². The SMILES string of the molecule is COc1ccccc1CC[C@@H]1CCc2ccccc2C1.C[C@@H]1CC[C@](N)(COP(=O)(O)O)C1. The number of hydrogen-bond acceptors (Lipinski definition) is 4. The lowest BCUT2D eigenvalue weighted by Gasteiger charge is -2.24. The van der Waals surface area contributed by atoms with E-state index in [0.29, 0.717) is 5.92 Å². The van der Waals surface area contributed by atoms with Crippen LogP contribution in [-0.4, -0.2) is 29.0 Å². The van der Waals surface area contributed by atoms with Crippen molar-refractivity contribution in [2.75, 3.05) is 13.7 Å². The molecule has 6 nitrogen and oxygen atoms in total. The van der Waals surface area contributed by atoms with Crippen molar-refractivity contribution < 1.29 is 23.6 Å². The number of rotatable bonds is 7. The van der Waals surface area contributed by atoms with Gasteiger partial charge in [0.15, 0.2) is 0 Å². The number of para-hydroxylation sites is 1. The third-order valence-electron chi connectivity index (χ3n) is 6.87. The highest BCUT2D eigenvalue weighted by Gasteiger charge is 2.35. The van der Waals surface area contributed by atoms with Crippen molar-refractivity contribution in [3.8, 4) is 5.75 Å². The number of methoxy groups -OCH3 is 1. The third kappa shape index (κ3) is 8.24. The van der Waals surface area contributed by atoms with Gasteiger partial charge in [-0.25, -0.2) is 4.57 Å². The van der Waals surface area contributed by atoms with Crippen LogP contribution in [0.5, 0.6) is 5.75 Å². The molecule has 1 saturated carbocycles. The average Bonchev–Trinajstić information content (AvgIpc) is 3.15. The fourth-order valence-electron chi connectivity index (χ4n) is 5.06. The zero-order chi connectivity index (χ0) is 23.9. The van der Waals surface area contributed by atoms with Gasteiger partial charge >= 0.3 is 7.82 Å². The Bertz CT molecular complexity index is 946. The van der Waals surface area contributed by atoms with E-state index >= 15 is 0 Å². The Morgan fingerprint density at radius 1 is 1.09 bits per heavy atom. The summed E-state index contributed by atoms with van der Waals surface area (Å²) >= 11 is 0. The van der Waals surface area contributed by atoms with Crippen molar-refractivity contribution in [2.24, 2.45) is 17.6 Å². The number of aryl methyl sites for hydroxylation is 2. The van der Waals surface area contributed by atoms with E-state index in [1.54, 1.807) is 18.2 Å². The molecule has 0 amide bonds. The number of nitrogens with two attached hydrogens (primary N) is 1. The van der Waals surface area contributed by atoms with Gasteiger partial charge in [0.05, 0.1) is 13.7 Å². The molecule has 2 aliphatic rings. The Labute approximate surface area is 197 Å². The first-order chi connectivity index (χ1) is 15.7. The summed E-state index contributed by atoms with van der Waals surface area (Å²) in [5.41, 5.74) is 9.80. The predicted octanol–water partition coefficient (Wildman–Crippen LogP) is 5.05. The zero-order valence-electron chi connectivity index (χ0n) is 19.8. The monoisotopic (exact) mass is 475 g/mol. The van der Waals surface area contributed by atoms with E-state index in [-0.39, 0.29) is 6.61 Å². The van der Waals surface area contributed by atoms with Gasteiger partial charge in [-0.2, -0.15) is 0 Å². The average molecular weight is 476 g/mol. The van der Waals surface area contributed by atoms with Crippen molar-refractivity contribution in [3.63, 3.8) is 0 Å². The minimum absolute atomic E-state index is 0.0540. The first kappa shape index (κ1) is 25.9. The van der Waals surface area contributed by atoms with Gasteiger partial charge in [0.25, 0.3) is 0 Å². The Hall–Kier alpha value is -1.69. The summed E-state index contributed by atoms with van der Waals surface area (Å²) in [6, 6.07) is 17.3. The van der Waals surface area contributed by atoms with Crippen molar-refractivity contribution >= 4 is 7.82 Å². The van der Waals surface area contributed by atoms with Crippen LogP contribution in [-0.2, 0) is 28.4 Å². The van der Waals surface area contributed by atoms with Gasteiger partial charge in [-0.05, 0) is 86.0 Å². The molecule has 3 atom stereocenters. The first-order valence-corrected chi connectivity index (χ1v) is 13.4. The summed E-state index contributed by atoms with van der Waals surface area (Å²) in [7, 11) is -2.60. The molecule has 0 heterocycles. The lowest BCUT2D eigenvalue weighted by molar-refractivity contribution is 0.152. The summed E-state index contributed by atoms with van der Waals surface area (Å²) in [5, 5.41) is 0. The molecule has 0 unspecified atom stereocenters. The van der Waals surface area contributed by atoms with E-state index in [1.165, 1.54) is 31.2 Å². The molecular formula is C26H38NO5P. The van der Waals surface area contributed by atoms with Gasteiger partial charge in [0.1, 0.15) is 5.75 Å². The maximum absolute atomic E-state index is 10.4. The molecule has 182 valence electrons. The minimum atomic E-state index is -4.36. The number of benzene rings is 2. The molecule has 0 aromatic heterocycles. The molecule has 1 fully saturated rings. The Morgan fingerprint density at radius 3 is 2.45 bits per heavy atom. The summed E-state index contributed by atoms with van der Waals surface area (Å²) in [5.74, 6) is 2.36. The maximum Gasteiger partial charge on any atom is 0.469 e. The quantitative estimate of drug-likeness (QED) is 0.485. The lowest BCUT2D eigenvalue weighted by atomic mass is 9.81. The highest BCUT2D eigenvalue weighted by molar-refractivity contribution is 7.46. The van der Waals surface area contributed by atoms with Gasteiger partial charge in [0.2, 0.25) is 0 Å². The maximum atomic E-state index is 10.4. The van der Waals surface area contributed by atoms with E-state index in [4.69, 9.17) is 20.3 Å². The molecule has 7 heteroatoms. The van der Waals surface area contributed by atoms with Crippen LogP contribution in [0.3, 0.4) is 0 Å². The van der Waals surface area contributed by atoms with Crippen molar-refractivity contribution in [2.45, 2.75) is 63.8 Å². The molecule has 0 spiro atoms. The van der Waals surface area contributed by atoms with Gasteiger partial charge in [0, 0.05) is 5.54 Å². The molecular weight excluding hydrogens is 437 g/mol. The number of ether oxygens (including phenoxy) is 1. The van der Waals surface area contributed by atoms with Crippen molar-refractivity contribution in [3.05, 3.63) is 65.2 Å². The molecule has 33 heavy (non-hydrogen) atoms.